The fourth-order valence-electron chi connectivity index (χ4n) is 1.67. The average molecular weight is 375 g/mol. The lowest BCUT2D eigenvalue weighted by atomic mass is 10.1. The van der Waals surface area contributed by atoms with Crippen LogP contribution in [0.2, 0.25) is 0 Å². The van der Waals surface area contributed by atoms with Gasteiger partial charge in [0.05, 0.1) is 0 Å². The Morgan fingerprint density at radius 3 is 1.68 bits per heavy atom. The summed E-state index contributed by atoms with van der Waals surface area (Å²) in [5, 5.41) is 0. The van der Waals surface area contributed by atoms with Gasteiger partial charge in [-0.15, -0.1) is 5.92 Å². The summed E-state index contributed by atoms with van der Waals surface area (Å²) in [7, 11) is 0. The van der Waals surface area contributed by atoms with E-state index in [0.717, 1.165) is 16.7 Å². The molecule has 1 rings (SSSR count). The zero-order chi connectivity index (χ0) is 22.0. The third-order valence-electron chi connectivity index (χ3n) is 2.81. The monoisotopic (exact) mass is 374 g/mol. The normalized spacial score (nSPS) is 10.1. The van der Waals surface area contributed by atoms with Gasteiger partial charge in [0.15, 0.2) is 0 Å². The summed E-state index contributed by atoms with van der Waals surface area (Å²) >= 11 is 0. The van der Waals surface area contributed by atoms with E-state index in [0.29, 0.717) is 0 Å². The van der Waals surface area contributed by atoms with Gasteiger partial charge in [0.2, 0.25) is 0 Å². The maximum Gasteiger partial charge on any atom is 0.0245 e. The van der Waals surface area contributed by atoms with E-state index in [1.54, 1.807) is 6.08 Å². The molecule has 0 saturated carbocycles. The van der Waals surface area contributed by atoms with E-state index in [4.69, 9.17) is 0 Å². The van der Waals surface area contributed by atoms with Crippen LogP contribution in [-0.4, -0.2) is 0 Å². The minimum Gasteiger partial charge on any atom is -0.101 e. The largest absolute Gasteiger partial charge is 0.101 e. The first-order valence-corrected chi connectivity index (χ1v) is 9.78. The molecule has 0 radical (unpaired) electrons. The molecule has 28 heavy (non-hydrogen) atoms. The maximum atomic E-state index is 3.78. The third kappa shape index (κ3) is 17.8. The van der Waals surface area contributed by atoms with Crippen molar-refractivity contribution in [2.75, 3.05) is 0 Å². The smallest absolute Gasteiger partial charge is 0.0245 e. The molecule has 0 aliphatic carbocycles. The summed E-state index contributed by atoms with van der Waals surface area (Å²) < 4.78 is 0. The highest BCUT2D eigenvalue weighted by atomic mass is 14.0. The molecule has 0 amide bonds. The number of rotatable bonds is 6. The lowest BCUT2D eigenvalue weighted by Crippen LogP contribution is -1.80. The van der Waals surface area contributed by atoms with E-state index in [9.17, 15) is 0 Å². The lowest BCUT2D eigenvalue weighted by molar-refractivity contribution is 1.50. The first-order chi connectivity index (χ1) is 13.7. The molecule has 0 bridgehead atoms. The predicted octanol–water partition coefficient (Wildman–Crippen LogP) is 8.64. The minimum atomic E-state index is 1.04. The standard InChI is InChI=1S/C15H18.C9H8.2C2H6/c1-5-9-11-13-15(8-4)14(7-3)12-10-6-2;1-2-6-9-7-4-3-5-8-9;2*1-2/h5-13H,1,3-4H2,2H3;3-5,7-8H,1H3;2*1-2H3/b10-6-,11-9-,14-12+,15-13+;;;. The van der Waals surface area contributed by atoms with Gasteiger partial charge >= 0.3 is 0 Å². The van der Waals surface area contributed by atoms with Gasteiger partial charge < -0.3 is 0 Å². The maximum absolute atomic E-state index is 3.78. The fourth-order valence-corrected chi connectivity index (χ4v) is 1.67. The molecule has 0 atom stereocenters. The van der Waals surface area contributed by atoms with E-state index >= 15 is 0 Å². The quantitative estimate of drug-likeness (QED) is 0.345. The average Bonchev–Trinajstić information content (AvgIpc) is 2.77. The SMILES string of the molecule is C=C\C=C/C=C(C=C)/C(C=C)=C/C=C\C.CC.CC.CC#Cc1ccccc1. The highest BCUT2D eigenvalue weighted by molar-refractivity contribution is 5.48. The van der Waals surface area contributed by atoms with Gasteiger partial charge in [-0.25, -0.2) is 0 Å². The number of allylic oxidation sites excluding steroid dienone is 11. The topological polar surface area (TPSA) is 0 Å². The van der Waals surface area contributed by atoms with Crippen LogP contribution < -0.4 is 0 Å². The summed E-state index contributed by atoms with van der Waals surface area (Å²) in [6.07, 6.45) is 17.1. The summed E-state index contributed by atoms with van der Waals surface area (Å²) in [4.78, 5) is 0. The summed E-state index contributed by atoms with van der Waals surface area (Å²) in [5.41, 5.74) is 3.18. The van der Waals surface area contributed by atoms with Crippen molar-refractivity contribution in [3.63, 3.8) is 0 Å². The van der Waals surface area contributed by atoms with Crippen LogP contribution in [-0.2, 0) is 0 Å². The Morgan fingerprint density at radius 1 is 0.786 bits per heavy atom. The van der Waals surface area contributed by atoms with Crippen molar-refractivity contribution in [2.45, 2.75) is 41.5 Å². The fraction of sp³-hybridized carbons (Fsp3) is 0.214. The molecule has 0 nitrogen and oxygen atoms in total. The van der Waals surface area contributed by atoms with Gasteiger partial charge in [0.1, 0.15) is 0 Å². The van der Waals surface area contributed by atoms with Crippen LogP contribution in [0.5, 0.6) is 0 Å². The zero-order valence-electron chi connectivity index (χ0n) is 18.7. The molecule has 0 N–H and O–H groups in total. The summed E-state index contributed by atoms with van der Waals surface area (Å²) in [6.45, 7) is 23.0. The second-order valence-electron chi connectivity index (χ2n) is 4.54. The van der Waals surface area contributed by atoms with E-state index in [1.807, 2.05) is 120 Å². The van der Waals surface area contributed by atoms with Crippen LogP contribution >= 0.6 is 0 Å². The molecule has 0 aromatic heterocycles. The number of hydrogen-bond donors (Lipinski definition) is 0. The van der Waals surface area contributed by atoms with Gasteiger partial charge in [-0.05, 0) is 37.1 Å². The van der Waals surface area contributed by atoms with Crippen molar-refractivity contribution < 1.29 is 0 Å². The lowest BCUT2D eigenvalue weighted by Gasteiger charge is -2.00. The van der Waals surface area contributed by atoms with E-state index in [-0.39, 0.29) is 0 Å². The third-order valence-corrected chi connectivity index (χ3v) is 2.81. The Kier molecular flexibility index (Phi) is 27.8. The Bertz CT molecular complexity index is 681. The van der Waals surface area contributed by atoms with Crippen molar-refractivity contribution >= 4 is 0 Å². The molecule has 150 valence electrons. The Labute approximate surface area is 175 Å². The summed E-state index contributed by atoms with van der Waals surface area (Å²) in [6, 6.07) is 9.95. The van der Waals surface area contributed by atoms with Crippen LogP contribution in [0.4, 0.5) is 0 Å². The first kappa shape index (κ1) is 29.7. The van der Waals surface area contributed by atoms with E-state index in [2.05, 4.69) is 31.6 Å². The molecule has 0 heterocycles. The van der Waals surface area contributed by atoms with Crippen molar-refractivity contribution in [3.8, 4) is 11.8 Å². The zero-order valence-corrected chi connectivity index (χ0v) is 18.7. The molecule has 0 heteroatoms. The molecule has 1 aromatic carbocycles. The van der Waals surface area contributed by atoms with Crippen LogP contribution in [0.25, 0.3) is 0 Å². The van der Waals surface area contributed by atoms with Gasteiger partial charge in [0.25, 0.3) is 0 Å². The molecular formula is C28H38. The molecule has 0 fully saturated rings. The molecular weight excluding hydrogens is 336 g/mol. The molecule has 0 unspecified atom stereocenters. The van der Waals surface area contributed by atoms with Crippen LogP contribution in [0, 0.1) is 11.8 Å². The highest BCUT2D eigenvalue weighted by Gasteiger charge is 1.93. The highest BCUT2D eigenvalue weighted by Crippen LogP contribution is 2.12. The van der Waals surface area contributed by atoms with Crippen molar-refractivity contribution in [3.05, 3.63) is 121 Å². The van der Waals surface area contributed by atoms with Crippen LogP contribution in [0.3, 0.4) is 0 Å². The first-order valence-electron chi connectivity index (χ1n) is 9.78. The number of hydrogen-bond acceptors (Lipinski definition) is 0. The van der Waals surface area contributed by atoms with Crippen molar-refractivity contribution in [1.82, 2.24) is 0 Å². The van der Waals surface area contributed by atoms with Crippen molar-refractivity contribution in [2.24, 2.45) is 0 Å². The summed E-state index contributed by atoms with van der Waals surface area (Å²) in [5.74, 6) is 5.79. The van der Waals surface area contributed by atoms with Crippen LogP contribution in [0.15, 0.2) is 116 Å². The molecule has 0 aliphatic rings. The molecule has 0 aliphatic heterocycles. The Balaban J connectivity index is -0.000000407. The van der Waals surface area contributed by atoms with Gasteiger partial charge in [-0.1, -0.05) is 126 Å². The predicted molar refractivity (Wildman–Crippen MR) is 132 cm³/mol. The Morgan fingerprint density at radius 2 is 1.29 bits per heavy atom. The second-order valence-corrected chi connectivity index (χ2v) is 4.54. The second kappa shape index (κ2) is 26.2. The van der Waals surface area contributed by atoms with E-state index < -0.39 is 0 Å². The molecule has 1 aromatic rings. The van der Waals surface area contributed by atoms with Crippen molar-refractivity contribution in [1.29, 1.82) is 0 Å². The van der Waals surface area contributed by atoms with Gasteiger partial charge in [-0.2, -0.15) is 0 Å². The minimum absolute atomic E-state index is 1.04. The van der Waals surface area contributed by atoms with E-state index in [1.165, 1.54) is 0 Å². The molecule has 0 saturated heterocycles. The molecule has 0 spiro atoms. The Hall–Kier alpha value is -3.04. The van der Waals surface area contributed by atoms with Gasteiger partial charge in [0, 0.05) is 5.56 Å². The van der Waals surface area contributed by atoms with Crippen LogP contribution in [0.1, 0.15) is 47.1 Å². The number of benzene rings is 1. The van der Waals surface area contributed by atoms with Gasteiger partial charge in [-0.3, -0.25) is 0 Å².